The average molecular weight is 220 g/mol. The highest BCUT2D eigenvalue weighted by atomic mass is 16.1. The van der Waals surface area contributed by atoms with Gasteiger partial charge in [-0.2, -0.15) is 0 Å². The van der Waals surface area contributed by atoms with Crippen LogP contribution in [0.25, 0.3) is 0 Å². The van der Waals surface area contributed by atoms with Crippen molar-refractivity contribution in [2.45, 2.75) is 26.3 Å². The number of benzene rings is 1. The first-order chi connectivity index (χ1) is 7.77. The molecule has 3 nitrogen and oxygen atoms in total. The van der Waals surface area contributed by atoms with E-state index in [0.29, 0.717) is 13.0 Å². The molecular formula is C13H20N2O. The van der Waals surface area contributed by atoms with E-state index in [4.69, 9.17) is 0 Å². The molecule has 0 aromatic heterocycles. The lowest BCUT2D eigenvalue weighted by atomic mass is 10.1. The third-order valence-electron chi connectivity index (χ3n) is 2.58. The Morgan fingerprint density at radius 2 is 1.94 bits per heavy atom. The van der Waals surface area contributed by atoms with Gasteiger partial charge < -0.3 is 10.6 Å². The van der Waals surface area contributed by atoms with E-state index in [-0.39, 0.29) is 5.91 Å². The number of carbonyl (C=O) groups is 1. The van der Waals surface area contributed by atoms with E-state index in [0.717, 1.165) is 13.0 Å². The minimum atomic E-state index is 0.0975. The van der Waals surface area contributed by atoms with Crippen molar-refractivity contribution >= 4 is 5.91 Å². The van der Waals surface area contributed by atoms with Gasteiger partial charge in [-0.05, 0) is 24.6 Å². The molecule has 2 N–H and O–H groups in total. The van der Waals surface area contributed by atoms with Crippen molar-refractivity contribution in [3.8, 4) is 0 Å². The molecule has 0 saturated carbocycles. The molecule has 0 radical (unpaired) electrons. The summed E-state index contributed by atoms with van der Waals surface area (Å²) in [5.41, 5.74) is 2.51. The minimum absolute atomic E-state index is 0.0975. The van der Waals surface area contributed by atoms with Gasteiger partial charge in [0.1, 0.15) is 0 Å². The van der Waals surface area contributed by atoms with Gasteiger partial charge in [0.2, 0.25) is 5.91 Å². The first-order valence-corrected chi connectivity index (χ1v) is 5.76. The van der Waals surface area contributed by atoms with Crippen molar-refractivity contribution < 1.29 is 4.79 Å². The van der Waals surface area contributed by atoms with Gasteiger partial charge in [0, 0.05) is 19.5 Å². The van der Waals surface area contributed by atoms with E-state index in [9.17, 15) is 4.79 Å². The molecule has 1 aromatic rings. The van der Waals surface area contributed by atoms with E-state index in [1.807, 2.05) is 19.2 Å². The van der Waals surface area contributed by atoms with Crippen LogP contribution >= 0.6 is 0 Å². The van der Waals surface area contributed by atoms with Crippen LogP contribution in [0.2, 0.25) is 0 Å². The monoisotopic (exact) mass is 220 g/mol. The number of hydrogen-bond donors (Lipinski definition) is 2. The lowest BCUT2D eigenvalue weighted by Gasteiger charge is -2.09. The Morgan fingerprint density at radius 3 is 2.56 bits per heavy atom. The normalized spacial score (nSPS) is 10.1. The van der Waals surface area contributed by atoms with Crippen molar-refractivity contribution in [1.82, 2.24) is 10.6 Å². The van der Waals surface area contributed by atoms with Crippen molar-refractivity contribution in [1.29, 1.82) is 0 Å². The molecule has 0 saturated heterocycles. The summed E-state index contributed by atoms with van der Waals surface area (Å²) in [6.45, 7) is 3.48. The SMILES string of the molecule is CCc1ccccc1CNC(=O)CCNC. The van der Waals surface area contributed by atoms with E-state index >= 15 is 0 Å². The molecule has 1 rings (SSSR count). The molecule has 0 fully saturated rings. The second-order valence-corrected chi connectivity index (χ2v) is 3.75. The number of amides is 1. The zero-order chi connectivity index (χ0) is 11.8. The Kier molecular flexibility index (Phi) is 5.57. The van der Waals surface area contributed by atoms with Gasteiger partial charge in [-0.25, -0.2) is 0 Å². The van der Waals surface area contributed by atoms with Crippen LogP contribution in [0.5, 0.6) is 0 Å². The molecule has 1 amide bonds. The third kappa shape index (κ3) is 4.03. The molecule has 0 unspecified atom stereocenters. The fourth-order valence-electron chi connectivity index (χ4n) is 1.60. The smallest absolute Gasteiger partial charge is 0.221 e. The molecule has 88 valence electrons. The fraction of sp³-hybridized carbons (Fsp3) is 0.462. The lowest BCUT2D eigenvalue weighted by Crippen LogP contribution is -2.26. The number of aryl methyl sites for hydroxylation is 1. The topological polar surface area (TPSA) is 41.1 Å². The fourth-order valence-corrected chi connectivity index (χ4v) is 1.60. The van der Waals surface area contributed by atoms with E-state index in [2.05, 4.69) is 29.7 Å². The summed E-state index contributed by atoms with van der Waals surface area (Å²) in [4.78, 5) is 11.4. The summed E-state index contributed by atoms with van der Waals surface area (Å²) < 4.78 is 0. The standard InChI is InChI=1S/C13H20N2O/c1-3-11-6-4-5-7-12(11)10-15-13(16)8-9-14-2/h4-7,14H,3,8-10H2,1-2H3,(H,15,16). The molecule has 0 aliphatic heterocycles. The van der Waals surface area contributed by atoms with Crippen molar-refractivity contribution in [3.05, 3.63) is 35.4 Å². The van der Waals surface area contributed by atoms with E-state index in [1.165, 1.54) is 11.1 Å². The number of carbonyl (C=O) groups excluding carboxylic acids is 1. The summed E-state index contributed by atoms with van der Waals surface area (Å²) in [5.74, 6) is 0.0975. The van der Waals surface area contributed by atoms with Crippen molar-refractivity contribution in [2.75, 3.05) is 13.6 Å². The zero-order valence-electron chi connectivity index (χ0n) is 10.0. The molecule has 0 bridgehead atoms. The molecule has 0 aliphatic rings. The van der Waals surface area contributed by atoms with Crippen LogP contribution in [0.3, 0.4) is 0 Å². The Bertz CT molecular complexity index is 336. The quantitative estimate of drug-likeness (QED) is 0.762. The Hall–Kier alpha value is -1.35. The van der Waals surface area contributed by atoms with E-state index < -0.39 is 0 Å². The van der Waals surface area contributed by atoms with Crippen LogP contribution in [-0.4, -0.2) is 19.5 Å². The van der Waals surface area contributed by atoms with Crippen molar-refractivity contribution in [3.63, 3.8) is 0 Å². The lowest BCUT2D eigenvalue weighted by molar-refractivity contribution is -0.121. The maximum atomic E-state index is 11.4. The van der Waals surface area contributed by atoms with Crippen LogP contribution in [0, 0.1) is 0 Å². The van der Waals surface area contributed by atoms with Gasteiger partial charge in [-0.1, -0.05) is 31.2 Å². The number of nitrogens with one attached hydrogen (secondary N) is 2. The summed E-state index contributed by atoms with van der Waals surface area (Å²) in [6, 6.07) is 8.21. The second kappa shape index (κ2) is 7.01. The first-order valence-electron chi connectivity index (χ1n) is 5.76. The van der Waals surface area contributed by atoms with Crippen LogP contribution in [0.15, 0.2) is 24.3 Å². The van der Waals surface area contributed by atoms with Crippen LogP contribution in [-0.2, 0) is 17.8 Å². The molecule has 0 atom stereocenters. The molecule has 0 heterocycles. The Labute approximate surface area is 97.2 Å². The highest BCUT2D eigenvalue weighted by Crippen LogP contribution is 2.08. The van der Waals surface area contributed by atoms with Crippen LogP contribution in [0.4, 0.5) is 0 Å². The van der Waals surface area contributed by atoms with Gasteiger partial charge in [0.05, 0.1) is 0 Å². The molecule has 0 spiro atoms. The maximum absolute atomic E-state index is 11.4. The third-order valence-corrected chi connectivity index (χ3v) is 2.58. The summed E-state index contributed by atoms with van der Waals surface area (Å²) in [6.07, 6.45) is 1.54. The number of hydrogen-bond acceptors (Lipinski definition) is 2. The summed E-state index contributed by atoms with van der Waals surface area (Å²) in [7, 11) is 1.85. The molecular weight excluding hydrogens is 200 g/mol. The molecule has 16 heavy (non-hydrogen) atoms. The molecule has 1 aromatic carbocycles. The van der Waals surface area contributed by atoms with Crippen molar-refractivity contribution in [2.24, 2.45) is 0 Å². The zero-order valence-corrected chi connectivity index (χ0v) is 10.0. The largest absolute Gasteiger partial charge is 0.352 e. The van der Waals surface area contributed by atoms with Crippen LogP contribution in [0.1, 0.15) is 24.5 Å². The Balaban J connectivity index is 2.44. The minimum Gasteiger partial charge on any atom is -0.352 e. The predicted octanol–water partition coefficient (Wildman–Crippen LogP) is 1.47. The van der Waals surface area contributed by atoms with Gasteiger partial charge in [-0.15, -0.1) is 0 Å². The number of rotatable bonds is 6. The highest BCUT2D eigenvalue weighted by molar-refractivity contribution is 5.76. The molecule has 0 aliphatic carbocycles. The van der Waals surface area contributed by atoms with Gasteiger partial charge in [-0.3, -0.25) is 4.79 Å². The van der Waals surface area contributed by atoms with Gasteiger partial charge >= 0.3 is 0 Å². The Morgan fingerprint density at radius 1 is 1.25 bits per heavy atom. The summed E-state index contributed by atoms with van der Waals surface area (Å²) >= 11 is 0. The maximum Gasteiger partial charge on any atom is 0.221 e. The van der Waals surface area contributed by atoms with Gasteiger partial charge in [0.25, 0.3) is 0 Å². The first kappa shape index (κ1) is 12.7. The summed E-state index contributed by atoms with van der Waals surface area (Å²) in [5, 5.41) is 5.89. The predicted molar refractivity (Wildman–Crippen MR) is 66.2 cm³/mol. The second-order valence-electron chi connectivity index (χ2n) is 3.75. The highest BCUT2D eigenvalue weighted by Gasteiger charge is 2.02. The van der Waals surface area contributed by atoms with Crippen LogP contribution < -0.4 is 10.6 Å². The van der Waals surface area contributed by atoms with E-state index in [1.54, 1.807) is 0 Å². The molecule has 3 heteroatoms. The van der Waals surface area contributed by atoms with Gasteiger partial charge in [0.15, 0.2) is 0 Å². The average Bonchev–Trinajstić information content (AvgIpc) is 2.34.